The van der Waals surface area contributed by atoms with Crippen LogP contribution in [0.15, 0.2) is 36.4 Å². The van der Waals surface area contributed by atoms with Crippen LogP contribution in [-0.4, -0.2) is 29.5 Å². The summed E-state index contributed by atoms with van der Waals surface area (Å²) in [5, 5.41) is 11.9. The van der Waals surface area contributed by atoms with Crippen molar-refractivity contribution in [3.05, 3.63) is 47.5 Å². The van der Waals surface area contributed by atoms with Gasteiger partial charge in [0.05, 0.1) is 0 Å². The minimum absolute atomic E-state index is 0.0954. The molecule has 0 bridgehead atoms. The summed E-state index contributed by atoms with van der Waals surface area (Å²) in [7, 11) is 0. The third-order valence-corrected chi connectivity index (χ3v) is 4.74. The van der Waals surface area contributed by atoms with Crippen molar-refractivity contribution in [1.82, 2.24) is 10.2 Å². The average molecular weight is 383 g/mol. The van der Waals surface area contributed by atoms with E-state index in [1.165, 1.54) is 11.3 Å². The van der Waals surface area contributed by atoms with Crippen molar-refractivity contribution in [2.75, 3.05) is 18.7 Å². The number of hydrogen-bond donors (Lipinski definition) is 1. The molecule has 0 unspecified atom stereocenters. The second-order valence-electron chi connectivity index (χ2n) is 6.14. The Bertz CT molecular complexity index is 982. The summed E-state index contributed by atoms with van der Waals surface area (Å²) in [4.78, 5) is 12.1. The largest absolute Gasteiger partial charge is 0.484 e. The maximum absolute atomic E-state index is 12.1. The van der Waals surface area contributed by atoms with Crippen molar-refractivity contribution in [1.29, 1.82) is 0 Å². The molecule has 2 heterocycles. The van der Waals surface area contributed by atoms with Gasteiger partial charge in [-0.05, 0) is 55.3 Å². The molecule has 1 aromatic heterocycles. The quantitative estimate of drug-likeness (QED) is 0.725. The maximum Gasteiger partial charge on any atom is 0.264 e. The minimum atomic E-state index is -0.289. The third-order valence-electron chi connectivity index (χ3n) is 3.86. The van der Waals surface area contributed by atoms with Gasteiger partial charge in [-0.3, -0.25) is 10.1 Å². The highest BCUT2D eigenvalue weighted by Crippen LogP contribution is 2.37. The molecule has 0 saturated heterocycles. The van der Waals surface area contributed by atoms with Crippen molar-refractivity contribution in [2.45, 2.75) is 13.8 Å². The van der Waals surface area contributed by atoms with E-state index in [1.54, 1.807) is 0 Å². The van der Waals surface area contributed by atoms with Gasteiger partial charge in [0.25, 0.3) is 5.91 Å². The number of rotatable bonds is 5. The molecule has 0 spiro atoms. The fourth-order valence-electron chi connectivity index (χ4n) is 2.74. The first kappa shape index (κ1) is 17.3. The topological polar surface area (TPSA) is 82.6 Å². The molecule has 0 atom stereocenters. The Morgan fingerprint density at radius 3 is 2.70 bits per heavy atom. The molecule has 1 aliphatic heterocycles. The Balaban J connectivity index is 1.38. The van der Waals surface area contributed by atoms with Gasteiger partial charge in [0.1, 0.15) is 10.8 Å². The Morgan fingerprint density at radius 2 is 1.89 bits per heavy atom. The lowest BCUT2D eigenvalue weighted by molar-refractivity contribution is -0.118. The predicted octanol–water partition coefficient (Wildman–Crippen LogP) is 3.57. The maximum atomic E-state index is 12.1. The highest BCUT2D eigenvalue weighted by molar-refractivity contribution is 7.18. The summed E-state index contributed by atoms with van der Waals surface area (Å²) in [6, 6.07) is 11.4. The Hall–Kier alpha value is -3.13. The molecular formula is C19H17N3O4S. The monoisotopic (exact) mass is 383 g/mol. The first-order valence-electron chi connectivity index (χ1n) is 8.31. The zero-order chi connectivity index (χ0) is 18.8. The number of hydrogen-bond acceptors (Lipinski definition) is 7. The smallest absolute Gasteiger partial charge is 0.264 e. The number of carbonyl (C=O) groups is 1. The highest BCUT2D eigenvalue weighted by Gasteiger charge is 2.16. The highest BCUT2D eigenvalue weighted by atomic mass is 32.1. The number of nitrogens with zero attached hydrogens (tertiary/aromatic N) is 2. The van der Waals surface area contributed by atoms with E-state index in [1.807, 2.05) is 50.2 Å². The molecule has 3 aromatic rings. The number of amides is 1. The molecule has 1 N–H and O–H groups in total. The van der Waals surface area contributed by atoms with Crippen LogP contribution in [0.2, 0.25) is 0 Å². The van der Waals surface area contributed by atoms with Gasteiger partial charge in [-0.1, -0.05) is 17.4 Å². The van der Waals surface area contributed by atoms with E-state index in [0.717, 1.165) is 16.7 Å². The van der Waals surface area contributed by atoms with Gasteiger partial charge < -0.3 is 14.2 Å². The molecule has 0 fully saturated rings. The Morgan fingerprint density at radius 1 is 1.11 bits per heavy atom. The molecule has 1 amide bonds. The zero-order valence-electron chi connectivity index (χ0n) is 14.8. The van der Waals surface area contributed by atoms with Gasteiger partial charge in [-0.15, -0.1) is 10.2 Å². The van der Waals surface area contributed by atoms with Crippen LogP contribution in [0.1, 0.15) is 11.1 Å². The van der Waals surface area contributed by atoms with Crippen molar-refractivity contribution in [3.63, 3.8) is 0 Å². The number of benzene rings is 2. The lowest BCUT2D eigenvalue weighted by Gasteiger charge is -2.07. The van der Waals surface area contributed by atoms with Crippen LogP contribution in [0.3, 0.4) is 0 Å². The molecule has 138 valence electrons. The van der Waals surface area contributed by atoms with Gasteiger partial charge >= 0.3 is 0 Å². The molecule has 0 saturated carbocycles. The molecule has 27 heavy (non-hydrogen) atoms. The van der Waals surface area contributed by atoms with Crippen LogP contribution in [0.25, 0.3) is 10.6 Å². The molecule has 2 aromatic carbocycles. The van der Waals surface area contributed by atoms with Gasteiger partial charge in [-0.2, -0.15) is 0 Å². The van der Waals surface area contributed by atoms with E-state index in [4.69, 9.17) is 14.2 Å². The number of fused-ring (bicyclic) bond motifs is 1. The first-order chi connectivity index (χ1) is 13.1. The third kappa shape index (κ3) is 4.01. The first-order valence-corrected chi connectivity index (χ1v) is 9.13. The van der Waals surface area contributed by atoms with Gasteiger partial charge in [0, 0.05) is 5.56 Å². The minimum Gasteiger partial charge on any atom is -0.484 e. The predicted molar refractivity (Wildman–Crippen MR) is 102 cm³/mol. The average Bonchev–Trinajstić information content (AvgIpc) is 3.27. The Kier molecular flexibility index (Phi) is 4.64. The number of ether oxygens (including phenoxy) is 3. The summed E-state index contributed by atoms with van der Waals surface area (Å²) in [5.41, 5.74) is 3.02. The van der Waals surface area contributed by atoms with Gasteiger partial charge in [-0.25, -0.2) is 0 Å². The lowest BCUT2D eigenvalue weighted by atomic mass is 10.1. The van der Waals surface area contributed by atoms with Crippen molar-refractivity contribution < 1.29 is 19.0 Å². The molecule has 7 nitrogen and oxygen atoms in total. The number of aromatic nitrogens is 2. The molecule has 8 heteroatoms. The fraction of sp³-hybridized carbons (Fsp3) is 0.211. The van der Waals surface area contributed by atoms with E-state index >= 15 is 0 Å². The Labute approximate surface area is 159 Å². The van der Waals surface area contributed by atoms with Crippen molar-refractivity contribution in [3.8, 4) is 27.8 Å². The number of nitrogens with one attached hydrogen (secondary N) is 1. The molecule has 4 rings (SSSR count). The molecule has 0 aliphatic carbocycles. The van der Waals surface area contributed by atoms with E-state index < -0.39 is 0 Å². The van der Waals surface area contributed by atoms with E-state index in [0.29, 0.717) is 27.4 Å². The second-order valence-corrected chi connectivity index (χ2v) is 7.12. The van der Waals surface area contributed by atoms with Crippen molar-refractivity contribution in [2.24, 2.45) is 0 Å². The van der Waals surface area contributed by atoms with Gasteiger partial charge in [0.15, 0.2) is 18.1 Å². The normalized spacial score (nSPS) is 12.1. The second kappa shape index (κ2) is 7.24. The van der Waals surface area contributed by atoms with Crippen LogP contribution in [-0.2, 0) is 4.79 Å². The van der Waals surface area contributed by atoms with Crippen LogP contribution < -0.4 is 19.5 Å². The van der Waals surface area contributed by atoms with Gasteiger partial charge in [0.2, 0.25) is 11.9 Å². The molecular weight excluding hydrogens is 366 g/mol. The summed E-state index contributed by atoms with van der Waals surface area (Å²) in [6.07, 6.45) is 0. The molecule has 1 aliphatic rings. The standard InChI is InChI=1S/C19H17N3O4S/c1-11-5-12(2)7-14(6-11)24-9-17(23)20-19-22-21-18(27-19)13-3-4-15-16(8-13)26-10-25-15/h3-8H,9-10H2,1-2H3,(H,20,22,23). The SMILES string of the molecule is Cc1cc(C)cc(OCC(=O)Nc2nnc(-c3ccc4c(c3)OCO4)s2)c1. The number of anilines is 1. The fourth-order valence-corrected chi connectivity index (χ4v) is 3.50. The van der Waals surface area contributed by atoms with Crippen LogP contribution in [0.4, 0.5) is 5.13 Å². The van der Waals surface area contributed by atoms with Crippen LogP contribution >= 0.6 is 11.3 Å². The number of carbonyl (C=O) groups excluding carboxylic acids is 1. The lowest BCUT2D eigenvalue weighted by Crippen LogP contribution is -2.20. The summed E-state index contributed by atoms with van der Waals surface area (Å²) >= 11 is 1.28. The van der Waals surface area contributed by atoms with Crippen LogP contribution in [0.5, 0.6) is 17.2 Å². The molecule has 0 radical (unpaired) electrons. The van der Waals surface area contributed by atoms with Crippen LogP contribution in [0, 0.1) is 13.8 Å². The summed E-state index contributed by atoms with van der Waals surface area (Å²) in [6.45, 7) is 4.09. The summed E-state index contributed by atoms with van der Waals surface area (Å²) < 4.78 is 16.2. The number of aryl methyl sites for hydroxylation is 2. The zero-order valence-corrected chi connectivity index (χ0v) is 15.6. The van der Waals surface area contributed by atoms with E-state index in [9.17, 15) is 4.79 Å². The van der Waals surface area contributed by atoms with E-state index in [2.05, 4.69) is 15.5 Å². The van der Waals surface area contributed by atoms with Crippen molar-refractivity contribution >= 4 is 22.4 Å². The van der Waals surface area contributed by atoms with E-state index in [-0.39, 0.29) is 19.3 Å². The summed E-state index contributed by atoms with van der Waals surface area (Å²) in [5.74, 6) is 1.76.